The minimum atomic E-state index is -0.162. The molecule has 0 radical (unpaired) electrons. The fraction of sp³-hybridized carbons (Fsp3) is 0.0500. The average Bonchev–Trinajstić information content (AvgIpc) is 3.06. The zero-order valence-corrected chi connectivity index (χ0v) is 13.5. The number of nitrogens with one attached hydrogen (secondary N) is 2. The van der Waals surface area contributed by atoms with E-state index in [0.717, 1.165) is 33.3 Å². The van der Waals surface area contributed by atoms with Crippen LogP contribution in [0, 0.1) is 18.3 Å². The van der Waals surface area contributed by atoms with Crippen LogP contribution >= 0.6 is 0 Å². The van der Waals surface area contributed by atoms with Gasteiger partial charge < -0.3 is 4.98 Å². The van der Waals surface area contributed by atoms with Crippen LogP contribution in [0.25, 0.3) is 33.4 Å². The summed E-state index contributed by atoms with van der Waals surface area (Å²) in [4.78, 5) is 14.4. The van der Waals surface area contributed by atoms with Crippen molar-refractivity contribution in [2.45, 2.75) is 6.92 Å². The molecule has 0 aliphatic rings. The van der Waals surface area contributed by atoms with Crippen molar-refractivity contribution in [3.05, 3.63) is 76.1 Å². The van der Waals surface area contributed by atoms with Crippen molar-refractivity contribution in [1.29, 1.82) is 5.26 Å². The van der Waals surface area contributed by atoms with Gasteiger partial charge in [0.1, 0.15) is 0 Å². The number of H-pyrrole nitrogens is 2. The molecule has 0 aliphatic carbocycles. The fourth-order valence-corrected chi connectivity index (χ4v) is 3.07. The molecule has 2 aromatic carbocycles. The molecular weight excluding hydrogens is 312 g/mol. The Morgan fingerprint density at radius 2 is 1.72 bits per heavy atom. The Hall–Kier alpha value is -3.65. The third-order valence-corrected chi connectivity index (χ3v) is 4.23. The molecule has 25 heavy (non-hydrogen) atoms. The molecule has 4 rings (SSSR count). The molecule has 0 fully saturated rings. The van der Waals surface area contributed by atoms with Gasteiger partial charge in [-0.3, -0.25) is 9.89 Å². The maximum atomic E-state index is 11.6. The Balaban J connectivity index is 1.88. The second-order valence-corrected chi connectivity index (χ2v) is 5.91. The van der Waals surface area contributed by atoms with Crippen molar-refractivity contribution in [1.82, 2.24) is 15.2 Å². The van der Waals surface area contributed by atoms with Gasteiger partial charge in [-0.05, 0) is 41.8 Å². The molecule has 2 heterocycles. The van der Waals surface area contributed by atoms with Crippen LogP contribution in [0.5, 0.6) is 0 Å². The quantitative estimate of drug-likeness (QED) is 0.588. The highest BCUT2D eigenvalue weighted by Gasteiger charge is 2.12. The first-order chi connectivity index (χ1) is 12.2. The Labute approximate surface area is 143 Å². The minimum Gasteiger partial charge on any atom is -0.305 e. The molecule has 0 aliphatic heterocycles. The first-order valence-corrected chi connectivity index (χ1v) is 7.85. The van der Waals surface area contributed by atoms with Crippen LogP contribution in [0.2, 0.25) is 0 Å². The van der Waals surface area contributed by atoms with Crippen LogP contribution in [0.3, 0.4) is 0 Å². The monoisotopic (exact) mass is 326 g/mol. The summed E-state index contributed by atoms with van der Waals surface area (Å²) >= 11 is 0. The molecule has 5 heteroatoms. The number of benzene rings is 2. The highest BCUT2D eigenvalue weighted by molar-refractivity contribution is 5.93. The maximum Gasteiger partial charge on any atom is 0.249 e. The molecule has 0 atom stereocenters. The molecular formula is C20H14N4O. The van der Waals surface area contributed by atoms with Gasteiger partial charge in [0.15, 0.2) is 5.65 Å². The number of hydrogen-bond donors (Lipinski definition) is 2. The van der Waals surface area contributed by atoms with E-state index in [4.69, 9.17) is 5.26 Å². The number of aromatic nitrogens is 3. The van der Waals surface area contributed by atoms with Crippen molar-refractivity contribution in [2.24, 2.45) is 0 Å². The number of aromatic amines is 2. The second kappa shape index (κ2) is 5.77. The van der Waals surface area contributed by atoms with Crippen molar-refractivity contribution >= 4 is 11.0 Å². The molecule has 0 unspecified atom stereocenters. The largest absolute Gasteiger partial charge is 0.305 e. The predicted octanol–water partition coefficient (Wildman–Crippen LogP) is 3.77. The first-order valence-electron chi connectivity index (χ1n) is 7.85. The lowest BCUT2D eigenvalue weighted by atomic mass is 9.99. The normalized spacial score (nSPS) is 10.7. The maximum absolute atomic E-state index is 11.6. The highest BCUT2D eigenvalue weighted by atomic mass is 16.1. The van der Waals surface area contributed by atoms with Crippen molar-refractivity contribution in [3.63, 3.8) is 0 Å². The van der Waals surface area contributed by atoms with Gasteiger partial charge >= 0.3 is 0 Å². The van der Waals surface area contributed by atoms with E-state index >= 15 is 0 Å². The standard InChI is InChI=1S/C20H14N4O/c1-12-8-17(25)22-20-18(12)19(23-24-20)16-7-3-6-15(10-16)14-5-2-4-13(9-14)11-21/h2-10H,1H3,(H2,22,23,24,25). The van der Waals surface area contributed by atoms with Gasteiger partial charge in [0.2, 0.25) is 5.56 Å². The molecule has 0 saturated carbocycles. The van der Waals surface area contributed by atoms with Crippen molar-refractivity contribution in [3.8, 4) is 28.5 Å². The topological polar surface area (TPSA) is 85.3 Å². The van der Waals surface area contributed by atoms with Crippen molar-refractivity contribution < 1.29 is 0 Å². The third-order valence-electron chi connectivity index (χ3n) is 4.23. The molecule has 0 saturated heterocycles. The number of pyridine rings is 1. The first kappa shape index (κ1) is 14.9. The summed E-state index contributed by atoms with van der Waals surface area (Å²) in [5.41, 5.74) is 5.72. The zero-order valence-electron chi connectivity index (χ0n) is 13.5. The molecule has 2 N–H and O–H groups in total. The summed E-state index contributed by atoms with van der Waals surface area (Å²) in [6.45, 7) is 1.90. The molecule has 5 nitrogen and oxygen atoms in total. The van der Waals surface area contributed by atoms with E-state index in [1.54, 1.807) is 12.1 Å². The van der Waals surface area contributed by atoms with Crippen LogP contribution < -0.4 is 5.56 Å². The number of nitriles is 1. The average molecular weight is 326 g/mol. The van der Waals surface area contributed by atoms with Gasteiger partial charge in [0.25, 0.3) is 0 Å². The van der Waals surface area contributed by atoms with E-state index in [1.165, 1.54) is 0 Å². The summed E-state index contributed by atoms with van der Waals surface area (Å²) in [7, 11) is 0. The fourth-order valence-electron chi connectivity index (χ4n) is 3.07. The Morgan fingerprint density at radius 1 is 1.00 bits per heavy atom. The molecule has 4 aromatic rings. The molecule has 120 valence electrons. The molecule has 0 bridgehead atoms. The Morgan fingerprint density at radius 3 is 2.52 bits per heavy atom. The second-order valence-electron chi connectivity index (χ2n) is 5.91. The van der Waals surface area contributed by atoms with Crippen LogP contribution in [0.1, 0.15) is 11.1 Å². The number of rotatable bonds is 2. The summed E-state index contributed by atoms with van der Waals surface area (Å²) in [6.07, 6.45) is 0. The zero-order chi connectivity index (χ0) is 17.4. The van der Waals surface area contributed by atoms with E-state index < -0.39 is 0 Å². The van der Waals surface area contributed by atoms with Crippen LogP contribution in [0.15, 0.2) is 59.4 Å². The Bertz CT molecular complexity index is 1190. The van der Waals surface area contributed by atoms with Gasteiger partial charge in [-0.1, -0.05) is 30.3 Å². The van der Waals surface area contributed by atoms with Gasteiger partial charge in [-0.15, -0.1) is 0 Å². The van der Waals surface area contributed by atoms with Gasteiger partial charge in [-0.25, -0.2) is 0 Å². The lowest BCUT2D eigenvalue weighted by Gasteiger charge is -2.06. The van der Waals surface area contributed by atoms with Crippen LogP contribution in [-0.2, 0) is 0 Å². The number of aryl methyl sites for hydroxylation is 1. The van der Waals surface area contributed by atoms with Crippen LogP contribution in [-0.4, -0.2) is 15.2 Å². The summed E-state index contributed by atoms with van der Waals surface area (Å²) < 4.78 is 0. The van der Waals surface area contributed by atoms with E-state index in [9.17, 15) is 4.79 Å². The van der Waals surface area contributed by atoms with Crippen molar-refractivity contribution in [2.75, 3.05) is 0 Å². The summed E-state index contributed by atoms with van der Waals surface area (Å²) in [6, 6.07) is 19.3. The predicted molar refractivity (Wildman–Crippen MR) is 97.0 cm³/mol. The smallest absolute Gasteiger partial charge is 0.249 e. The van der Waals surface area contributed by atoms with E-state index in [2.05, 4.69) is 21.3 Å². The third kappa shape index (κ3) is 2.60. The van der Waals surface area contributed by atoms with E-state index in [-0.39, 0.29) is 5.56 Å². The van der Waals surface area contributed by atoms with Crippen LogP contribution in [0.4, 0.5) is 0 Å². The Kier molecular flexibility index (Phi) is 3.44. The number of hydrogen-bond acceptors (Lipinski definition) is 3. The number of nitrogens with zero attached hydrogens (tertiary/aromatic N) is 2. The number of fused-ring (bicyclic) bond motifs is 1. The van der Waals surface area contributed by atoms with E-state index in [0.29, 0.717) is 11.2 Å². The molecule has 0 spiro atoms. The minimum absolute atomic E-state index is 0.162. The summed E-state index contributed by atoms with van der Waals surface area (Å²) in [5.74, 6) is 0. The highest BCUT2D eigenvalue weighted by Crippen LogP contribution is 2.30. The van der Waals surface area contributed by atoms with E-state index in [1.807, 2.05) is 49.4 Å². The van der Waals surface area contributed by atoms with Gasteiger partial charge in [-0.2, -0.15) is 10.4 Å². The lowest BCUT2D eigenvalue weighted by molar-refractivity contribution is 1.09. The molecule has 0 amide bonds. The summed E-state index contributed by atoms with van der Waals surface area (Å²) in [5, 5.41) is 17.2. The lowest BCUT2D eigenvalue weighted by Crippen LogP contribution is -2.04. The molecule has 2 aromatic heterocycles. The van der Waals surface area contributed by atoms with Gasteiger partial charge in [0, 0.05) is 17.0 Å². The SMILES string of the molecule is Cc1cc(=O)[nH]c2n[nH]c(-c3cccc(-c4cccc(C#N)c4)c3)c12. The van der Waals surface area contributed by atoms with Gasteiger partial charge in [0.05, 0.1) is 17.3 Å².